The van der Waals surface area contributed by atoms with Crippen molar-refractivity contribution in [3.05, 3.63) is 99.1 Å². The fraction of sp³-hybridized carbons (Fsp3) is 0.465. The number of carbonyl (C=O) groups excluding carboxylic acids is 3. The normalized spacial score (nSPS) is 19.5. The zero-order valence-corrected chi connectivity index (χ0v) is 33.0. The van der Waals surface area contributed by atoms with E-state index >= 15 is 4.79 Å². The zero-order valence-electron chi connectivity index (χ0n) is 32.3. The maximum atomic E-state index is 15.2. The molecule has 3 aliphatic rings. The van der Waals surface area contributed by atoms with Crippen molar-refractivity contribution >= 4 is 35.1 Å². The van der Waals surface area contributed by atoms with E-state index in [-0.39, 0.29) is 41.7 Å². The van der Waals surface area contributed by atoms with Gasteiger partial charge in [0.15, 0.2) is 11.6 Å². The van der Waals surface area contributed by atoms with Crippen LogP contribution in [0, 0.1) is 24.5 Å². The Morgan fingerprint density at radius 3 is 2.33 bits per heavy atom. The molecule has 55 heavy (non-hydrogen) atoms. The van der Waals surface area contributed by atoms with Gasteiger partial charge in [0.05, 0.1) is 32.8 Å². The van der Waals surface area contributed by atoms with Crippen molar-refractivity contribution in [1.82, 2.24) is 9.80 Å². The van der Waals surface area contributed by atoms with Crippen LogP contribution in [0.4, 0.5) is 13.6 Å². The summed E-state index contributed by atoms with van der Waals surface area (Å²) in [6.07, 6.45) is 3.25. The molecular weight excluding hydrogens is 730 g/mol. The highest BCUT2D eigenvalue weighted by Gasteiger charge is 2.51. The molecule has 0 N–H and O–H groups in total. The number of benzene rings is 3. The highest BCUT2D eigenvalue weighted by atomic mass is 35.5. The number of ether oxygens (including phenoxy) is 4. The number of fused-ring (bicyclic) bond motifs is 2. The summed E-state index contributed by atoms with van der Waals surface area (Å²) in [5, 5.41) is -0.387. The molecule has 2 fully saturated rings. The van der Waals surface area contributed by atoms with Crippen molar-refractivity contribution in [2.45, 2.75) is 103 Å². The molecule has 294 valence electrons. The number of amides is 2. The van der Waals surface area contributed by atoms with Crippen LogP contribution in [0.1, 0.15) is 81.5 Å². The number of aryl methyl sites for hydroxylation is 1. The fourth-order valence-electron chi connectivity index (χ4n) is 7.76. The maximum absolute atomic E-state index is 15.2. The molecule has 3 aromatic carbocycles. The van der Waals surface area contributed by atoms with Gasteiger partial charge in [-0.15, -0.1) is 0 Å². The first-order chi connectivity index (χ1) is 26.2. The summed E-state index contributed by atoms with van der Waals surface area (Å²) in [5.41, 5.74) is 4.29. The molecule has 3 unspecified atom stereocenters. The summed E-state index contributed by atoms with van der Waals surface area (Å²) in [5.74, 6) is -2.09. The SMILES string of the molecule is COC(=O)C1CC2CC(c3ccc(CCCOc4c(F)ccc(F)c4Cl)cc3)=C(C(=O)N(Cc3cccc(OC)c3C)C3CC3)C(C1)N2C(=O)OC(C)(C)C. The van der Waals surface area contributed by atoms with E-state index in [1.165, 1.54) is 7.11 Å². The third-order valence-electron chi connectivity index (χ3n) is 10.6. The predicted molar refractivity (Wildman–Crippen MR) is 205 cm³/mol. The van der Waals surface area contributed by atoms with E-state index in [4.69, 9.17) is 30.5 Å². The minimum atomic E-state index is -0.774. The maximum Gasteiger partial charge on any atom is 0.411 e. The Labute approximate surface area is 326 Å². The van der Waals surface area contributed by atoms with Crippen molar-refractivity contribution in [3.63, 3.8) is 0 Å². The molecule has 0 spiro atoms. The van der Waals surface area contributed by atoms with E-state index in [0.29, 0.717) is 37.8 Å². The quantitative estimate of drug-likeness (QED) is 0.103. The summed E-state index contributed by atoms with van der Waals surface area (Å²) in [6.45, 7) is 7.89. The lowest BCUT2D eigenvalue weighted by molar-refractivity contribution is -0.149. The molecule has 1 aliphatic carbocycles. The summed E-state index contributed by atoms with van der Waals surface area (Å²) in [4.78, 5) is 45.9. The first kappa shape index (κ1) is 40.0. The van der Waals surface area contributed by atoms with Crippen LogP contribution in [-0.2, 0) is 32.0 Å². The van der Waals surface area contributed by atoms with E-state index in [2.05, 4.69) is 0 Å². The van der Waals surface area contributed by atoms with Gasteiger partial charge in [-0.05, 0) is 119 Å². The van der Waals surface area contributed by atoms with Gasteiger partial charge in [-0.1, -0.05) is 48.0 Å². The molecule has 0 radical (unpaired) electrons. The Morgan fingerprint density at radius 1 is 0.964 bits per heavy atom. The van der Waals surface area contributed by atoms with E-state index < -0.39 is 41.3 Å². The number of esters is 1. The van der Waals surface area contributed by atoms with Crippen molar-refractivity contribution in [2.24, 2.45) is 5.92 Å². The lowest BCUT2D eigenvalue weighted by Gasteiger charge is -2.49. The van der Waals surface area contributed by atoms with E-state index in [1.807, 2.05) is 75.1 Å². The molecule has 2 amide bonds. The second kappa shape index (κ2) is 16.6. The molecule has 2 heterocycles. The highest BCUT2D eigenvalue weighted by Crippen LogP contribution is 2.46. The molecule has 12 heteroatoms. The van der Waals surface area contributed by atoms with E-state index in [9.17, 15) is 18.4 Å². The number of methoxy groups -OCH3 is 2. The third kappa shape index (κ3) is 8.93. The lowest BCUT2D eigenvalue weighted by atomic mass is 9.73. The summed E-state index contributed by atoms with van der Waals surface area (Å²) >= 11 is 5.91. The largest absolute Gasteiger partial charge is 0.496 e. The number of hydrogen-bond donors (Lipinski definition) is 0. The summed E-state index contributed by atoms with van der Waals surface area (Å²) in [7, 11) is 2.99. The number of rotatable bonds is 12. The van der Waals surface area contributed by atoms with Gasteiger partial charge in [0.25, 0.3) is 5.91 Å². The lowest BCUT2D eigenvalue weighted by Crippen LogP contribution is -2.59. The topological polar surface area (TPSA) is 94.6 Å². The first-order valence-electron chi connectivity index (χ1n) is 18.8. The molecule has 2 aliphatic heterocycles. The predicted octanol–water partition coefficient (Wildman–Crippen LogP) is 8.85. The number of halogens is 3. The Balaban J connectivity index is 1.35. The second-order valence-electron chi connectivity index (χ2n) is 15.6. The molecule has 3 aromatic rings. The monoisotopic (exact) mass is 778 g/mol. The van der Waals surface area contributed by atoms with E-state index in [0.717, 1.165) is 58.6 Å². The smallest absolute Gasteiger partial charge is 0.411 e. The Kier molecular flexibility index (Phi) is 12.1. The van der Waals surface area contributed by atoms with Crippen LogP contribution in [0.3, 0.4) is 0 Å². The van der Waals surface area contributed by atoms with Crippen LogP contribution >= 0.6 is 11.6 Å². The molecule has 1 saturated carbocycles. The van der Waals surface area contributed by atoms with Crippen LogP contribution in [0.2, 0.25) is 5.02 Å². The average molecular weight is 779 g/mol. The number of hydrogen-bond acceptors (Lipinski definition) is 7. The van der Waals surface area contributed by atoms with Crippen LogP contribution in [0.25, 0.3) is 5.57 Å². The fourth-order valence-corrected chi connectivity index (χ4v) is 7.97. The standard InChI is InChI=1S/C43H49ClF2N2O7/c1-25-28(10-7-11-36(25)52-5)24-47(30-16-17-30)40(49)37-32(23-31-21-29(41(50)53-6)22-35(37)48(31)42(51)55-43(2,3)4)27-14-12-26(13-15-27)9-8-20-54-39-34(46)19-18-33(45)38(39)44/h7,10-15,18-19,29-31,35H,8-9,16-17,20-24H2,1-6H3. The third-order valence-corrected chi connectivity index (χ3v) is 11.0. The van der Waals surface area contributed by atoms with Crippen molar-refractivity contribution in [3.8, 4) is 11.5 Å². The Hall–Kier alpha value is -4.64. The Bertz CT molecular complexity index is 1960. The molecule has 6 rings (SSSR count). The van der Waals surface area contributed by atoms with Gasteiger partial charge < -0.3 is 23.8 Å². The summed E-state index contributed by atoms with van der Waals surface area (Å²) in [6, 6.07) is 14.6. The van der Waals surface area contributed by atoms with Crippen molar-refractivity contribution in [1.29, 1.82) is 0 Å². The minimum Gasteiger partial charge on any atom is -0.496 e. The van der Waals surface area contributed by atoms with Gasteiger partial charge in [-0.25, -0.2) is 13.6 Å². The summed E-state index contributed by atoms with van der Waals surface area (Å²) < 4.78 is 50.2. The van der Waals surface area contributed by atoms with Crippen LogP contribution in [-0.4, -0.2) is 72.3 Å². The van der Waals surface area contributed by atoms with Gasteiger partial charge in [0, 0.05) is 24.2 Å². The number of nitrogens with zero attached hydrogens (tertiary/aromatic N) is 2. The molecule has 2 bridgehead atoms. The van der Waals surface area contributed by atoms with Gasteiger partial charge in [0.2, 0.25) is 0 Å². The first-order valence-corrected chi connectivity index (χ1v) is 19.2. The van der Waals surface area contributed by atoms with Gasteiger partial charge >= 0.3 is 12.1 Å². The van der Waals surface area contributed by atoms with E-state index in [1.54, 1.807) is 12.0 Å². The van der Waals surface area contributed by atoms with Gasteiger partial charge in [0.1, 0.15) is 22.2 Å². The highest BCUT2D eigenvalue weighted by molar-refractivity contribution is 6.32. The number of carbonyl (C=O) groups is 3. The van der Waals surface area contributed by atoms with Crippen LogP contribution < -0.4 is 9.47 Å². The van der Waals surface area contributed by atoms with Gasteiger partial charge in [-0.3, -0.25) is 14.5 Å². The average Bonchev–Trinajstić information content (AvgIpc) is 3.99. The Morgan fingerprint density at radius 2 is 1.67 bits per heavy atom. The molecule has 0 aromatic heterocycles. The molecule has 1 saturated heterocycles. The number of piperidine rings is 1. The van der Waals surface area contributed by atoms with Crippen molar-refractivity contribution < 1.29 is 42.1 Å². The minimum absolute atomic E-state index is 0.0277. The molecular formula is C43H49ClF2N2O7. The van der Waals surface area contributed by atoms with Gasteiger partial charge in [-0.2, -0.15) is 0 Å². The second-order valence-corrected chi connectivity index (χ2v) is 16.0. The van der Waals surface area contributed by atoms with Crippen molar-refractivity contribution in [2.75, 3.05) is 20.8 Å². The molecule has 9 nitrogen and oxygen atoms in total. The van der Waals surface area contributed by atoms with Crippen LogP contribution in [0.15, 0.2) is 60.2 Å². The molecule has 3 atom stereocenters. The van der Waals surface area contributed by atoms with Crippen LogP contribution in [0.5, 0.6) is 11.5 Å². The zero-order chi connectivity index (χ0) is 39.6.